The molecule has 0 aliphatic heterocycles. The van der Waals surface area contributed by atoms with Gasteiger partial charge in [-0.05, 0) is 30.3 Å². The highest BCUT2D eigenvalue weighted by Crippen LogP contribution is 2.27. The summed E-state index contributed by atoms with van der Waals surface area (Å²) >= 11 is 0. The van der Waals surface area contributed by atoms with E-state index in [9.17, 15) is 4.79 Å². The predicted octanol–water partition coefficient (Wildman–Crippen LogP) is 4.51. The van der Waals surface area contributed by atoms with E-state index in [0.29, 0.717) is 0 Å². The lowest BCUT2D eigenvalue weighted by atomic mass is 10.1. The van der Waals surface area contributed by atoms with E-state index < -0.39 is 0 Å². The number of amides is 1. The Bertz CT molecular complexity index is 1070. The highest BCUT2D eigenvalue weighted by Gasteiger charge is 2.10. The molecule has 25 heavy (non-hydrogen) atoms. The number of fused-ring (bicyclic) bond motifs is 3. The second kappa shape index (κ2) is 6.32. The Morgan fingerprint density at radius 3 is 2.60 bits per heavy atom. The van der Waals surface area contributed by atoms with Crippen LogP contribution in [0.3, 0.4) is 0 Å². The van der Waals surface area contributed by atoms with E-state index in [2.05, 4.69) is 22.4 Å². The molecule has 1 amide bonds. The number of aromatic amines is 1. The fourth-order valence-corrected chi connectivity index (χ4v) is 3.15. The summed E-state index contributed by atoms with van der Waals surface area (Å²) < 4.78 is 5.31. The number of ether oxygens (including phenoxy) is 1. The van der Waals surface area contributed by atoms with Gasteiger partial charge in [-0.15, -0.1) is 0 Å². The van der Waals surface area contributed by atoms with Gasteiger partial charge in [0.25, 0.3) is 0 Å². The van der Waals surface area contributed by atoms with Crippen molar-refractivity contribution in [2.24, 2.45) is 0 Å². The van der Waals surface area contributed by atoms with Gasteiger partial charge >= 0.3 is 0 Å². The summed E-state index contributed by atoms with van der Waals surface area (Å²) in [5, 5.41) is 5.23. The van der Waals surface area contributed by atoms with Crippen LogP contribution in [0.4, 0.5) is 5.69 Å². The fraction of sp³-hybridized carbons (Fsp3) is 0.0952. The summed E-state index contributed by atoms with van der Waals surface area (Å²) in [5.74, 6) is 0.661. The molecule has 0 aliphatic carbocycles. The number of carbonyl (C=O) groups is 1. The molecule has 4 aromatic rings. The third-order valence-electron chi connectivity index (χ3n) is 4.33. The summed E-state index contributed by atoms with van der Waals surface area (Å²) in [7, 11) is 1.61. The highest BCUT2D eigenvalue weighted by atomic mass is 16.5. The van der Waals surface area contributed by atoms with Crippen molar-refractivity contribution in [1.82, 2.24) is 4.98 Å². The van der Waals surface area contributed by atoms with E-state index in [1.807, 2.05) is 54.6 Å². The van der Waals surface area contributed by atoms with Gasteiger partial charge in [0.2, 0.25) is 5.91 Å². The maximum Gasteiger partial charge on any atom is 0.228 e. The van der Waals surface area contributed by atoms with Gasteiger partial charge in [0.1, 0.15) is 5.75 Å². The van der Waals surface area contributed by atoms with Crippen LogP contribution < -0.4 is 10.1 Å². The molecule has 0 saturated carbocycles. The third kappa shape index (κ3) is 2.94. The molecule has 0 saturated heterocycles. The van der Waals surface area contributed by atoms with E-state index >= 15 is 0 Å². The van der Waals surface area contributed by atoms with Crippen molar-refractivity contribution in [2.75, 3.05) is 12.4 Å². The number of carbonyl (C=O) groups excluding carboxylic acids is 1. The topological polar surface area (TPSA) is 54.1 Å². The van der Waals surface area contributed by atoms with Crippen molar-refractivity contribution < 1.29 is 9.53 Å². The second-order valence-corrected chi connectivity index (χ2v) is 5.97. The quantitative estimate of drug-likeness (QED) is 0.578. The first kappa shape index (κ1) is 15.3. The summed E-state index contributed by atoms with van der Waals surface area (Å²) in [6, 6.07) is 21.6. The predicted molar refractivity (Wildman–Crippen MR) is 101 cm³/mol. The molecule has 3 aromatic carbocycles. The lowest BCUT2D eigenvalue weighted by molar-refractivity contribution is -0.115. The lowest BCUT2D eigenvalue weighted by Gasteiger charge is -2.09. The molecule has 1 heterocycles. The summed E-state index contributed by atoms with van der Waals surface area (Å²) in [5.41, 5.74) is 3.81. The van der Waals surface area contributed by atoms with Crippen LogP contribution in [0.25, 0.3) is 21.8 Å². The van der Waals surface area contributed by atoms with Crippen LogP contribution in [-0.2, 0) is 11.2 Å². The number of hydrogen-bond donors (Lipinski definition) is 2. The molecule has 0 unspecified atom stereocenters. The third-order valence-corrected chi connectivity index (χ3v) is 4.33. The normalized spacial score (nSPS) is 10.9. The van der Waals surface area contributed by atoms with Gasteiger partial charge in [-0.25, -0.2) is 0 Å². The summed E-state index contributed by atoms with van der Waals surface area (Å²) in [4.78, 5) is 15.8. The van der Waals surface area contributed by atoms with E-state index in [1.165, 1.54) is 0 Å². The first-order valence-electron chi connectivity index (χ1n) is 8.17. The first-order chi connectivity index (χ1) is 12.2. The van der Waals surface area contributed by atoms with Gasteiger partial charge in [-0.3, -0.25) is 4.79 Å². The molecule has 0 atom stereocenters. The molecule has 0 spiro atoms. The highest BCUT2D eigenvalue weighted by molar-refractivity contribution is 6.09. The molecule has 2 N–H and O–H groups in total. The van der Waals surface area contributed by atoms with Crippen molar-refractivity contribution in [1.29, 1.82) is 0 Å². The van der Waals surface area contributed by atoms with Gasteiger partial charge in [0.15, 0.2) is 0 Å². The van der Waals surface area contributed by atoms with E-state index in [0.717, 1.165) is 38.8 Å². The maximum atomic E-state index is 12.4. The minimum atomic E-state index is -0.0660. The number of methoxy groups -OCH3 is 1. The van der Waals surface area contributed by atoms with Gasteiger partial charge < -0.3 is 15.0 Å². The van der Waals surface area contributed by atoms with Crippen molar-refractivity contribution >= 4 is 33.4 Å². The number of aromatic nitrogens is 1. The van der Waals surface area contributed by atoms with Crippen LogP contribution in [0.15, 0.2) is 66.7 Å². The monoisotopic (exact) mass is 330 g/mol. The Morgan fingerprint density at radius 2 is 1.72 bits per heavy atom. The molecule has 1 aromatic heterocycles. The smallest absolute Gasteiger partial charge is 0.228 e. The molecule has 0 bridgehead atoms. The molecule has 124 valence electrons. The van der Waals surface area contributed by atoms with Gasteiger partial charge in [0, 0.05) is 33.1 Å². The van der Waals surface area contributed by atoms with Crippen LogP contribution >= 0.6 is 0 Å². The van der Waals surface area contributed by atoms with Gasteiger partial charge in [-0.2, -0.15) is 0 Å². The Balaban J connectivity index is 1.59. The standard InChI is InChI=1S/C21H18N2O2/c1-25-20-9-5-2-6-14(20)12-21(24)22-15-10-11-19-17(13-15)16-7-3-4-8-18(16)23-19/h2-11,13,23H,12H2,1H3,(H,22,24). The minimum Gasteiger partial charge on any atom is -0.496 e. The first-order valence-corrected chi connectivity index (χ1v) is 8.17. The average molecular weight is 330 g/mol. The largest absolute Gasteiger partial charge is 0.496 e. The minimum absolute atomic E-state index is 0.0660. The number of H-pyrrole nitrogens is 1. The van der Waals surface area contributed by atoms with Gasteiger partial charge in [0.05, 0.1) is 13.5 Å². The maximum absolute atomic E-state index is 12.4. The molecule has 0 radical (unpaired) electrons. The number of rotatable bonds is 4. The van der Waals surface area contributed by atoms with E-state index in [1.54, 1.807) is 7.11 Å². The summed E-state index contributed by atoms with van der Waals surface area (Å²) in [6.45, 7) is 0. The Labute approximate surface area is 145 Å². The van der Waals surface area contributed by atoms with Crippen molar-refractivity contribution in [3.8, 4) is 5.75 Å². The van der Waals surface area contributed by atoms with Crippen molar-refractivity contribution in [2.45, 2.75) is 6.42 Å². The van der Waals surface area contributed by atoms with Gasteiger partial charge in [-0.1, -0.05) is 36.4 Å². The molecular formula is C21H18N2O2. The zero-order chi connectivity index (χ0) is 17.2. The Kier molecular flexibility index (Phi) is 3.86. The number of anilines is 1. The number of benzene rings is 3. The zero-order valence-electron chi connectivity index (χ0n) is 13.9. The zero-order valence-corrected chi connectivity index (χ0v) is 13.9. The van der Waals surface area contributed by atoms with Crippen LogP contribution in [0.1, 0.15) is 5.56 Å². The number of para-hydroxylation sites is 2. The van der Waals surface area contributed by atoms with Crippen molar-refractivity contribution in [3.05, 3.63) is 72.3 Å². The second-order valence-electron chi connectivity index (χ2n) is 5.97. The number of hydrogen-bond acceptors (Lipinski definition) is 2. The molecule has 4 heteroatoms. The lowest BCUT2D eigenvalue weighted by Crippen LogP contribution is -2.14. The van der Waals surface area contributed by atoms with Crippen LogP contribution in [0.5, 0.6) is 5.75 Å². The fourth-order valence-electron chi connectivity index (χ4n) is 3.15. The Morgan fingerprint density at radius 1 is 0.960 bits per heavy atom. The van der Waals surface area contributed by atoms with E-state index in [-0.39, 0.29) is 12.3 Å². The van der Waals surface area contributed by atoms with Crippen LogP contribution in [0, 0.1) is 0 Å². The van der Waals surface area contributed by atoms with E-state index in [4.69, 9.17) is 4.74 Å². The Hall–Kier alpha value is -3.27. The molecular weight excluding hydrogens is 312 g/mol. The van der Waals surface area contributed by atoms with Crippen molar-refractivity contribution in [3.63, 3.8) is 0 Å². The molecule has 4 rings (SSSR count). The SMILES string of the molecule is COc1ccccc1CC(=O)Nc1ccc2[nH]c3ccccc3c2c1. The summed E-state index contributed by atoms with van der Waals surface area (Å²) in [6.07, 6.45) is 0.274. The molecule has 0 aliphatic rings. The number of nitrogens with one attached hydrogen (secondary N) is 2. The molecule has 4 nitrogen and oxygen atoms in total. The average Bonchev–Trinajstić information content (AvgIpc) is 3.00. The van der Waals surface area contributed by atoms with Crippen LogP contribution in [0.2, 0.25) is 0 Å². The molecule has 0 fully saturated rings. The van der Waals surface area contributed by atoms with Crippen LogP contribution in [-0.4, -0.2) is 18.0 Å².